The Kier molecular flexibility index (Phi) is 6.57. The second-order valence-corrected chi connectivity index (χ2v) is 14.4. The quantitative estimate of drug-likeness (QED) is 0.218. The molecule has 2 aromatic heterocycles. The monoisotopic (exact) mass is 564 g/mol. The van der Waals surface area contributed by atoms with Crippen LogP contribution in [0.2, 0.25) is 0 Å². The smallest absolute Gasteiger partial charge is 0.165 e. The highest BCUT2D eigenvalue weighted by Crippen LogP contribution is 2.53. The van der Waals surface area contributed by atoms with Gasteiger partial charge in [0, 0.05) is 28.5 Å². The van der Waals surface area contributed by atoms with Gasteiger partial charge in [-0.25, -0.2) is 15.0 Å². The first-order chi connectivity index (χ1) is 20.5. The van der Waals surface area contributed by atoms with Crippen molar-refractivity contribution in [2.45, 2.75) is 83.5 Å². The SMILES string of the molecule is CC(C)(C)c1ccc(-c2nc(-c3ccc(C(C)(C)C)cc3)nc(-c3ccc(-c4ccc5c(c4)C4CCC5C4)nc3)n2)cc1. The number of rotatable bonds is 4. The van der Waals surface area contributed by atoms with Gasteiger partial charge in [0.2, 0.25) is 0 Å². The zero-order valence-corrected chi connectivity index (χ0v) is 26.1. The fourth-order valence-corrected chi connectivity index (χ4v) is 6.70. The summed E-state index contributed by atoms with van der Waals surface area (Å²) in [5, 5.41) is 0. The molecule has 4 heteroatoms. The van der Waals surface area contributed by atoms with E-state index in [-0.39, 0.29) is 10.8 Å². The summed E-state index contributed by atoms with van der Waals surface area (Å²) in [5.74, 6) is 3.46. The number of benzene rings is 3. The third kappa shape index (κ3) is 5.29. The zero-order valence-electron chi connectivity index (χ0n) is 26.1. The molecule has 2 aliphatic rings. The van der Waals surface area contributed by atoms with E-state index in [9.17, 15) is 0 Å². The molecule has 2 aliphatic carbocycles. The van der Waals surface area contributed by atoms with Crippen LogP contribution in [0.1, 0.15) is 94.9 Å². The van der Waals surface area contributed by atoms with Crippen LogP contribution in [0.3, 0.4) is 0 Å². The maximum absolute atomic E-state index is 4.96. The summed E-state index contributed by atoms with van der Waals surface area (Å²) in [6.45, 7) is 13.4. The molecule has 0 radical (unpaired) electrons. The van der Waals surface area contributed by atoms with E-state index in [1.54, 1.807) is 11.1 Å². The van der Waals surface area contributed by atoms with E-state index >= 15 is 0 Å². The fourth-order valence-electron chi connectivity index (χ4n) is 6.70. The third-order valence-electron chi connectivity index (χ3n) is 9.37. The summed E-state index contributed by atoms with van der Waals surface area (Å²) in [7, 11) is 0. The highest BCUT2D eigenvalue weighted by Gasteiger charge is 2.36. The lowest BCUT2D eigenvalue weighted by Gasteiger charge is -2.19. The third-order valence-corrected chi connectivity index (χ3v) is 9.37. The van der Waals surface area contributed by atoms with Crippen LogP contribution < -0.4 is 0 Å². The molecule has 2 unspecified atom stereocenters. The number of nitrogens with zero attached hydrogens (tertiary/aromatic N) is 4. The summed E-state index contributed by atoms with van der Waals surface area (Å²) in [6.07, 6.45) is 5.91. The molecule has 216 valence electrons. The highest BCUT2D eigenvalue weighted by atomic mass is 15.0. The van der Waals surface area contributed by atoms with E-state index < -0.39 is 0 Å². The van der Waals surface area contributed by atoms with E-state index in [2.05, 4.69) is 120 Å². The summed E-state index contributed by atoms with van der Waals surface area (Å²) in [6, 6.07) is 28.3. The van der Waals surface area contributed by atoms with Gasteiger partial charge in [-0.3, -0.25) is 4.98 Å². The van der Waals surface area contributed by atoms with E-state index in [0.717, 1.165) is 34.2 Å². The molecule has 0 aliphatic heterocycles. The van der Waals surface area contributed by atoms with Gasteiger partial charge < -0.3 is 0 Å². The van der Waals surface area contributed by atoms with Crippen molar-refractivity contribution >= 4 is 0 Å². The first-order valence-electron chi connectivity index (χ1n) is 15.6. The van der Waals surface area contributed by atoms with Crippen molar-refractivity contribution in [3.8, 4) is 45.4 Å². The maximum Gasteiger partial charge on any atom is 0.165 e. The van der Waals surface area contributed by atoms with Gasteiger partial charge in [-0.15, -0.1) is 0 Å². The molecule has 0 N–H and O–H groups in total. The maximum atomic E-state index is 4.96. The molecule has 2 bridgehead atoms. The van der Waals surface area contributed by atoms with Crippen molar-refractivity contribution in [2.75, 3.05) is 0 Å². The predicted molar refractivity (Wildman–Crippen MR) is 176 cm³/mol. The number of fused-ring (bicyclic) bond motifs is 5. The molecule has 0 saturated heterocycles. The summed E-state index contributed by atoms with van der Waals surface area (Å²) < 4.78 is 0. The first kappa shape index (κ1) is 27.6. The van der Waals surface area contributed by atoms with Gasteiger partial charge in [0.05, 0.1) is 5.69 Å². The lowest BCUT2D eigenvalue weighted by atomic mass is 9.86. The average Bonchev–Trinajstić information content (AvgIpc) is 3.63. The molecule has 43 heavy (non-hydrogen) atoms. The van der Waals surface area contributed by atoms with Gasteiger partial charge in [0.1, 0.15) is 0 Å². The van der Waals surface area contributed by atoms with Crippen LogP contribution in [-0.4, -0.2) is 19.9 Å². The molecule has 3 aromatic carbocycles. The van der Waals surface area contributed by atoms with E-state index in [1.807, 2.05) is 6.20 Å². The van der Waals surface area contributed by atoms with Gasteiger partial charge in [-0.05, 0) is 82.4 Å². The molecular formula is C39H40N4. The van der Waals surface area contributed by atoms with Gasteiger partial charge >= 0.3 is 0 Å². The molecular weight excluding hydrogens is 524 g/mol. The Morgan fingerprint density at radius 2 is 0.977 bits per heavy atom. The molecule has 2 atom stereocenters. The lowest BCUT2D eigenvalue weighted by molar-refractivity contribution is 0.590. The molecule has 7 rings (SSSR count). The van der Waals surface area contributed by atoms with Crippen molar-refractivity contribution in [2.24, 2.45) is 0 Å². The van der Waals surface area contributed by atoms with E-state index in [1.165, 1.54) is 36.0 Å². The summed E-state index contributed by atoms with van der Waals surface area (Å²) >= 11 is 0. The van der Waals surface area contributed by atoms with Crippen molar-refractivity contribution < 1.29 is 0 Å². The second-order valence-electron chi connectivity index (χ2n) is 14.4. The number of hydrogen-bond acceptors (Lipinski definition) is 4. The van der Waals surface area contributed by atoms with Crippen molar-refractivity contribution in [1.29, 1.82) is 0 Å². The van der Waals surface area contributed by atoms with Crippen molar-refractivity contribution in [1.82, 2.24) is 19.9 Å². The minimum atomic E-state index is 0.0780. The standard InChI is InChI=1S/C39H40N4/c1-38(2,3)30-15-9-24(10-16-30)35-41-36(25-11-17-31(18-12-25)39(4,5)6)43-37(42-35)29-14-20-34(40-23-29)28-13-19-32-26-7-8-27(21-26)33(32)22-28/h9-20,22-23,26-27H,7-8,21H2,1-6H3. The van der Waals surface area contributed by atoms with E-state index in [0.29, 0.717) is 17.5 Å². The summed E-state index contributed by atoms with van der Waals surface area (Å²) in [5.41, 5.74) is 10.8. The minimum absolute atomic E-state index is 0.0780. The lowest BCUT2D eigenvalue weighted by Crippen LogP contribution is -2.10. The van der Waals surface area contributed by atoms with Crippen LogP contribution in [0, 0.1) is 0 Å². The number of aromatic nitrogens is 4. The Labute approximate surface area is 255 Å². The zero-order chi connectivity index (χ0) is 29.9. The Hall–Kier alpha value is -4.18. The van der Waals surface area contributed by atoms with Gasteiger partial charge in [0.25, 0.3) is 0 Å². The Morgan fingerprint density at radius 1 is 0.512 bits per heavy atom. The predicted octanol–water partition coefficient (Wildman–Crippen LogP) is 9.89. The van der Waals surface area contributed by atoms with Crippen LogP contribution in [-0.2, 0) is 10.8 Å². The van der Waals surface area contributed by atoms with Crippen LogP contribution in [0.5, 0.6) is 0 Å². The Morgan fingerprint density at radius 3 is 1.47 bits per heavy atom. The van der Waals surface area contributed by atoms with E-state index in [4.69, 9.17) is 19.9 Å². The molecule has 2 heterocycles. The molecule has 0 spiro atoms. The number of pyridine rings is 1. The molecule has 1 fully saturated rings. The fraction of sp³-hybridized carbons (Fsp3) is 0.333. The Balaban J connectivity index is 1.26. The largest absolute Gasteiger partial charge is 0.255 e. The van der Waals surface area contributed by atoms with Crippen molar-refractivity contribution in [3.63, 3.8) is 0 Å². The topological polar surface area (TPSA) is 51.6 Å². The van der Waals surface area contributed by atoms with Crippen LogP contribution in [0.15, 0.2) is 85.1 Å². The molecule has 0 amide bonds. The normalized spacial score (nSPS) is 17.7. The van der Waals surface area contributed by atoms with Crippen LogP contribution >= 0.6 is 0 Å². The molecule has 4 nitrogen and oxygen atoms in total. The van der Waals surface area contributed by atoms with Gasteiger partial charge in [-0.1, -0.05) is 102 Å². The highest BCUT2D eigenvalue weighted by molar-refractivity contribution is 5.69. The Bertz CT molecular complexity index is 1710. The number of hydrogen-bond donors (Lipinski definition) is 0. The van der Waals surface area contributed by atoms with Crippen molar-refractivity contribution in [3.05, 3.63) is 107 Å². The van der Waals surface area contributed by atoms with Crippen LogP contribution in [0.4, 0.5) is 0 Å². The molecule has 5 aromatic rings. The first-order valence-corrected chi connectivity index (χ1v) is 15.6. The minimum Gasteiger partial charge on any atom is -0.255 e. The molecule has 1 saturated carbocycles. The second kappa shape index (κ2) is 10.2. The average molecular weight is 565 g/mol. The van der Waals surface area contributed by atoms with Crippen LogP contribution in [0.25, 0.3) is 45.4 Å². The summed E-state index contributed by atoms with van der Waals surface area (Å²) in [4.78, 5) is 19.8. The van der Waals surface area contributed by atoms with Gasteiger partial charge in [0.15, 0.2) is 17.5 Å². The van der Waals surface area contributed by atoms with Gasteiger partial charge in [-0.2, -0.15) is 0 Å².